The molecule has 2 aromatic rings. The monoisotopic (exact) mass is 454 g/mol. The summed E-state index contributed by atoms with van der Waals surface area (Å²) in [5, 5.41) is 9.57. The number of carbonyl (C=O) groups excluding carboxylic acids is 2. The van der Waals surface area contributed by atoms with Crippen LogP contribution in [0.1, 0.15) is 23.2 Å². The third-order valence-corrected chi connectivity index (χ3v) is 4.80. The molecule has 1 aromatic carbocycles. The molecule has 1 aliphatic heterocycles. The molecule has 0 aliphatic carbocycles. The Morgan fingerprint density at radius 2 is 2.20 bits per heavy atom. The van der Waals surface area contributed by atoms with Gasteiger partial charge in [-0.25, -0.2) is 0 Å². The highest BCUT2D eigenvalue weighted by atomic mass is 127. The zero-order chi connectivity index (χ0) is 17.6. The predicted molar refractivity (Wildman–Crippen MR) is 101 cm³/mol. The van der Waals surface area contributed by atoms with Gasteiger partial charge in [-0.3, -0.25) is 14.3 Å². The molecule has 0 radical (unpaired) electrons. The first kappa shape index (κ1) is 17.9. The molecule has 8 heteroatoms. The molecule has 1 fully saturated rings. The van der Waals surface area contributed by atoms with Crippen LogP contribution in [0.15, 0.2) is 36.7 Å². The third-order valence-electron chi connectivity index (χ3n) is 3.86. The first-order chi connectivity index (χ1) is 12.1. The van der Waals surface area contributed by atoms with E-state index >= 15 is 0 Å². The number of rotatable bonds is 6. The second-order valence-corrected chi connectivity index (χ2v) is 6.96. The third kappa shape index (κ3) is 5.02. The molecule has 2 amide bonds. The molecule has 0 bridgehead atoms. The second kappa shape index (κ2) is 8.43. The molecule has 1 aliphatic rings. The average molecular weight is 454 g/mol. The van der Waals surface area contributed by atoms with Crippen LogP contribution in [-0.4, -0.2) is 40.9 Å². The van der Waals surface area contributed by atoms with Gasteiger partial charge >= 0.3 is 0 Å². The molecule has 3 rings (SSSR count). The normalized spacial score (nSPS) is 16.6. The van der Waals surface area contributed by atoms with Crippen molar-refractivity contribution in [2.24, 2.45) is 0 Å². The van der Waals surface area contributed by atoms with Crippen molar-refractivity contribution in [2.75, 3.05) is 18.5 Å². The van der Waals surface area contributed by atoms with Crippen molar-refractivity contribution in [1.82, 2.24) is 15.1 Å². The first-order valence-electron chi connectivity index (χ1n) is 8.08. The maximum atomic E-state index is 12.1. The van der Waals surface area contributed by atoms with E-state index in [1.54, 1.807) is 29.2 Å². The van der Waals surface area contributed by atoms with E-state index < -0.39 is 0 Å². The lowest BCUT2D eigenvalue weighted by molar-refractivity contribution is -0.115. The number of amides is 2. The van der Waals surface area contributed by atoms with Crippen LogP contribution >= 0.6 is 22.6 Å². The van der Waals surface area contributed by atoms with Crippen molar-refractivity contribution >= 4 is 40.1 Å². The minimum Gasteiger partial charge on any atom is -0.376 e. The molecule has 0 saturated carbocycles. The summed E-state index contributed by atoms with van der Waals surface area (Å²) in [6.07, 6.45) is 5.66. The number of nitrogens with zero attached hydrogens (tertiary/aromatic N) is 2. The molecule has 1 unspecified atom stereocenters. The van der Waals surface area contributed by atoms with E-state index in [0.29, 0.717) is 17.8 Å². The summed E-state index contributed by atoms with van der Waals surface area (Å²) in [4.78, 5) is 24.1. The van der Waals surface area contributed by atoms with Crippen LogP contribution < -0.4 is 10.6 Å². The van der Waals surface area contributed by atoms with Crippen molar-refractivity contribution in [3.63, 3.8) is 0 Å². The zero-order valence-corrected chi connectivity index (χ0v) is 15.7. The molecule has 25 heavy (non-hydrogen) atoms. The summed E-state index contributed by atoms with van der Waals surface area (Å²) in [6.45, 7) is 1.38. The summed E-state index contributed by atoms with van der Waals surface area (Å²) in [7, 11) is 0. The fourth-order valence-electron chi connectivity index (χ4n) is 2.63. The van der Waals surface area contributed by atoms with Crippen LogP contribution in [0.25, 0.3) is 0 Å². The Kier molecular flexibility index (Phi) is 6.03. The fourth-order valence-corrected chi connectivity index (χ4v) is 3.26. The minimum absolute atomic E-state index is 0.0965. The van der Waals surface area contributed by atoms with Crippen LogP contribution in [-0.2, 0) is 16.1 Å². The number of ether oxygens (including phenoxy) is 1. The van der Waals surface area contributed by atoms with Crippen molar-refractivity contribution in [3.05, 3.63) is 45.8 Å². The van der Waals surface area contributed by atoms with E-state index in [0.717, 1.165) is 23.0 Å². The van der Waals surface area contributed by atoms with Gasteiger partial charge in [0.15, 0.2) is 0 Å². The van der Waals surface area contributed by atoms with Gasteiger partial charge in [-0.1, -0.05) is 12.1 Å². The maximum absolute atomic E-state index is 12.1. The smallest absolute Gasteiger partial charge is 0.252 e. The van der Waals surface area contributed by atoms with Crippen molar-refractivity contribution in [1.29, 1.82) is 0 Å². The number of aromatic nitrogens is 2. The Morgan fingerprint density at radius 3 is 2.96 bits per heavy atom. The summed E-state index contributed by atoms with van der Waals surface area (Å²) in [6, 6.07) is 7.22. The zero-order valence-electron chi connectivity index (χ0n) is 13.6. The summed E-state index contributed by atoms with van der Waals surface area (Å²) in [5.74, 6) is -0.565. The molecule has 1 saturated heterocycles. The van der Waals surface area contributed by atoms with Gasteiger partial charge in [0.2, 0.25) is 5.91 Å². The van der Waals surface area contributed by atoms with E-state index in [9.17, 15) is 9.59 Å². The standard InChI is InChI=1S/C17H19IN4O3/c18-15-6-2-1-5-14(15)17(24)19-9-16(23)21-12-8-20-22(10-12)11-13-4-3-7-25-13/h1-2,5-6,8,10,13H,3-4,7,9,11H2,(H,19,24)(H,21,23). The maximum Gasteiger partial charge on any atom is 0.252 e. The van der Waals surface area contributed by atoms with E-state index in [2.05, 4.69) is 38.3 Å². The summed E-state index contributed by atoms with van der Waals surface area (Å²) >= 11 is 2.09. The highest BCUT2D eigenvalue weighted by Gasteiger charge is 2.17. The molecule has 132 valence electrons. The minimum atomic E-state index is -0.295. The Bertz CT molecular complexity index is 756. The number of hydrogen-bond acceptors (Lipinski definition) is 4. The van der Waals surface area contributed by atoms with Crippen molar-refractivity contribution in [3.8, 4) is 0 Å². The largest absolute Gasteiger partial charge is 0.376 e. The van der Waals surface area contributed by atoms with Crippen LogP contribution in [0.2, 0.25) is 0 Å². The summed E-state index contributed by atoms with van der Waals surface area (Å²) in [5.41, 5.74) is 1.16. The van der Waals surface area contributed by atoms with E-state index in [-0.39, 0.29) is 24.5 Å². The number of hydrogen-bond donors (Lipinski definition) is 2. The predicted octanol–water partition coefficient (Wildman–Crippen LogP) is 2.04. The van der Waals surface area contributed by atoms with Gasteiger partial charge in [0, 0.05) is 16.4 Å². The van der Waals surface area contributed by atoms with Crippen LogP contribution in [0.4, 0.5) is 5.69 Å². The van der Waals surface area contributed by atoms with Gasteiger partial charge in [-0.15, -0.1) is 0 Å². The van der Waals surface area contributed by atoms with Gasteiger partial charge in [0.05, 0.1) is 36.6 Å². The summed E-state index contributed by atoms with van der Waals surface area (Å²) < 4.78 is 8.17. The van der Waals surface area contributed by atoms with Gasteiger partial charge in [0.1, 0.15) is 0 Å². The Morgan fingerprint density at radius 1 is 1.36 bits per heavy atom. The lowest BCUT2D eigenvalue weighted by Crippen LogP contribution is -2.33. The van der Waals surface area contributed by atoms with Gasteiger partial charge in [-0.2, -0.15) is 5.10 Å². The molecule has 0 spiro atoms. The number of carbonyl (C=O) groups is 2. The number of nitrogens with one attached hydrogen (secondary N) is 2. The Balaban J connectivity index is 1.47. The quantitative estimate of drug-likeness (QED) is 0.655. The highest BCUT2D eigenvalue weighted by Crippen LogP contribution is 2.15. The number of halogens is 1. The van der Waals surface area contributed by atoms with Crippen molar-refractivity contribution in [2.45, 2.75) is 25.5 Å². The number of anilines is 1. The van der Waals surface area contributed by atoms with E-state index in [1.807, 2.05) is 12.1 Å². The van der Waals surface area contributed by atoms with Gasteiger partial charge in [0.25, 0.3) is 5.91 Å². The SMILES string of the molecule is O=C(CNC(=O)c1ccccc1I)Nc1cnn(CC2CCCO2)c1. The van der Waals surface area contributed by atoms with Crippen LogP contribution in [0.5, 0.6) is 0 Å². The van der Waals surface area contributed by atoms with Gasteiger partial charge < -0.3 is 15.4 Å². The topological polar surface area (TPSA) is 85.3 Å². The van der Waals surface area contributed by atoms with Crippen molar-refractivity contribution < 1.29 is 14.3 Å². The van der Waals surface area contributed by atoms with Crippen LogP contribution in [0, 0.1) is 3.57 Å². The molecule has 7 nitrogen and oxygen atoms in total. The molecule has 2 N–H and O–H groups in total. The highest BCUT2D eigenvalue weighted by molar-refractivity contribution is 14.1. The fraction of sp³-hybridized carbons (Fsp3) is 0.353. The lowest BCUT2D eigenvalue weighted by atomic mass is 10.2. The molecular formula is C17H19IN4O3. The Labute approximate surface area is 159 Å². The molecule has 1 atom stereocenters. The van der Waals surface area contributed by atoms with E-state index in [1.165, 1.54) is 0 Å². The second-order valence-electron chi connectivity index (χ2n) is 5.80. The first-order valence-corrected chi connectivity index (χ1v) is 9.16. The number of benzene rings is 1. The van der Waals surface area contributed by atoms with Gasteiger partial charge in [-0.05, 0) is 47.6 Å². The molecular weight excluding hydrogens is 435 g/mol. The average Bonchev–Trinajstić information content (AvgIpc) is 3.26. The lowest BCUT2D eigenvalue weighted by Gasteiger charge is -2.08. The van der Waals surface area contributed by atoms with Crippen LogP contribution in [0.3, 0.4) is 0 Å². The molecule has 1 aromatic heterocycles. The van der Waals surface area contributed by atoms with E-state index in [4.69, 9.17) is 4.74 Å². The molecule has 2 heterocycles. The Hall–Kier alpha value is -1.94.